The van der Waals surface area contributed by atoms with Crippen molar-refractivity contribution in [2.75, 3.05) is 44.2 Å². The molecule has 3 rings (SSSR count). The number of aryl methyl sites for hydroxylation is 2. The Morgan fingerprint density at radius 2 is 1.95 bits per heavy atom. The Morgan fingerprint density at radius 1 is 1.18 bits per heavy atom. The minimum Gasteiger partial charge on any atom is -0.338 e. The van der Waals surface area contributed by atoms with Gasteiger partial charge in [-0.15, -0.1) is 0 Å². The van der Waals surface area contributed by atoms with E-state index in [1.165, 1.54) is 23.4 Å². The summed E-state index contributed by atoms with van der Waals surface area (Å²) in [4.78, 5) is 14.6. The van der Waals surface area contributed by atoms with Crippen molar-refractivity contribution in [3.05, 3.63) is 17.0 Å². The first kappa shape index (κ1) is 15.7. The van der Waals surface area contributed by atoms with Crippen molar-refractivity contribution in [1.82, 2.24) is 14.9 Å². The molecule has 1 aromatic heterocycles. The molecule has 1 saturated heterocycles. The lowest BCUT2D eigenvalue weighted by molar-refractivity contribution is 0.255. The number of rotatable bonds is 4. The van der Waals surface area contributed by atoms with Gasteiger partial charge in [-0.2, -0.15) is 0 Å². The summed E-state index contributed by atoms with van der Waals surface area (Å²) in [6.45, 7) is 10.6. The molecule has 1 aliphatic carbocycles. The van der Waals surface area contributed by atoms with E-state index in [1.54, 1.807) is 0 Å². The van der Waals surface area contributed by atoms with E-state index in [0.29, 0.717) is 0 Å². The topological polar surface area (TPSA) is 58.3 Å². The van der Waals surface area contributed by atoms with Crippen molar-refractivity contribution in [2.24, 2.45) is 11.7 Å². The summed E-state index contributed by atoms with van der Waals surface area (Å²) >= 11 is 0. The summed E-state index contributed by atoms with van der Waals surface area (Å²) in [6.07, 6.45) is 4.61. The van der Waals surface area contributed by atoms with E-state index in [2.05, 4.69) is 23.6 Å². The highest BCUT2D eigenvalue weighted by atomic mass is 15.3. The molecule has 1 aliphatic heterocycles. The molecule has 0 amide bonds. The molecule has 0 saturated carbocycles. The molecule has 0 radical (unpaired) electrons. The standard InChI is InChI=1S/C17H29N5/c1-13-4-5-16-15(12-13)14(2)19-17(20-16)22-10-8-21(9-11-22)7-3-6-18/h13H,3-12,18H2,1-2H3. The van der Waals surface area contributed by atoms with Gasteiger partial charge in [0.1, 0.15) is 0 Å². The number of aromatic nitrogens is 2. The fourth-order valence-corrected chi connectivity index (χ4v) is 3.57. The maximum Gasteiger partial charge on any atom is 0.225 e. The van der Waals surface area contributed by atoms with Gasteiger partial charge >= 0.3 is 0 Å². The Bertz CT molecular complexity index is 508. The Morgan fingerprint density at radius 3 is 2.68 bits per heavy atom. The first-order valence-corrected chi connectivity index (χ1v) is 8.71. The molecule has 0 spiro atoms. The molecule has 1 unspecified atom stereocenters. The summed E-state index contributed by atoms with van der Waals surface area (Å²) in [6, 6.07) is 0. The van der Waals surface area contributed by atoms with Crippen molar-refractivity contribution in [3.8, 4) is 0 Å². The minimum atomic E-state index is 0.770. The van der Waals surface area contributed by atoms with Gasteiger partial charge in [0.05, 0.1) is 0 Å². The highest BCUT2D eigenvalue weighted by Gasteiger charge is 2.23. The maximum absolute atomic E-state index is 5.60. The number of hydrogen-bond acceptors (Lipinski definition) is 5. The molecule has 2 heterocycles. The lowest BCUT2D eigenvalue weighted by Crippen LogP contribution is -2.47. The van der Waals surface area contributed by atoms with Gasteiger partial charge < -0.3 is 10.6 Å². The molecule has 1 atom stereocenters. The number of nitrogens with two attached hydrogens (primary N) is 1. The van der Waals surface area contributed by atoms with Crippen LogP contribution < -0.4 is 10.6 Å². The second-order valence-corrected chi connectivity index (χ2v) is 6.85. The summed E-state index contributed by atoms with van der Waals surface area (Å²) < 4.78 is 0. The van der Waals surface area contributed by atoms with Crippen LogP contribution >= 0.6 is 0 Å². The SMILES string of the molecule is Cc1nc(N2CCN(CCCN)CC2)nc2c1CC(C)CC2. The van der Waals surface area contributed by atoms with E-state index in [1.807, 2.05) is 0 Å². The average molecular weight is 303 g/mol. The zero-order valence-electron chi connectivity index (χ0n) is 14.0. The largest absolute Gasteiger partial charge is 0.338 e. The second-order valence-electron chi connectivity index (χ2n) is 6.85. The summed E-state index contributed by atoms with van der Waals surface area (Å²) in [7, 11) is 0. The van der Waals surface area contributed by atoms with Gasteiger partial charge in [0.15, 0.2) is 0 Å². The molecule has 1 fully saturated rings. The van der Waals surface area contributed by atoms with E-state index in [4.69, 9.17) is 15.7 Å². The zero-order valence-corrected chi connectivity index (χ0v) is 14.0. The summed E-state index contributed by atoms with van der Waals surface area (Å²) in [5, 5.41) is 0. The van der Waals surface area contributed by atoms with E-state index in [0.717, 1.165) is 70.4 Å². The van der Waals surface area contributed by atoms with Crippen LogP contribution in [0.15, 0.2) is 0 Å². The predicted molar refractivity (Wildman–Crippen MR) is 90.3 cm³/mol. The molecule has 5 nitrogen and oxygen atoms in total. The molecule has 0 aromatic carbocycles. The minimum absolute atomic E-state index is 0.770. The number of fused-ring (bicyclic) bond motifs is 1. The van der Waals surface area contributed by atoms with E-state index in [9.17, 15) is 0 Å². The van der Waals surface area contributed by atoms with Gasteiger partial charge in [-0.25, -0.2) is 9.97 Å². The normalized spacial score (nSPS) is 22.7. The van der Waals surface area contributed by atoms with Gasteiger partial charge in [-0.05, 0) is 57.2 Å². The highest BCUT2D eigenvalue weighted by molar-refractivity contribution is 5.38. The van der Waals surface area contributed by atoms with Crippen molar-refractivity contribution in [2.45, 2.75) is 39.5 Å². The van der Waals surface area contributed by atoms with Gasteiger partial charge in [-0.1, -0.05) is 6.92 Å². The van der Waals surface area contributed by atoms with Crippen LogP contribution in [0.5, 0.6) is 0 Å². The molecular formula is C17H29N5. The second kappa shape index (κ2) is 6.92. The third kappa shape index (κ3) is 3.41. The van der Waals surface area contributed by atoms with Crippen LogP contribution in [-0.4, -0.2) is 54.1 Å². The van der Waals surface area contributed by atoms with Crippen molar-refractivity contribution < 1.29 is 0 Å². The van der Waals surface area contributed by atoms with E-state index >= 15 is 0 Å². The molecule has 0 bridgehead atoms. The molecule has 122 valence electrons. The quantitative estimate of drug-likeness (QED) is 0.910. The van der Waals surface area contributed by atoms with Crippen molar-refractivity contribution >= 4 is 5.95 Å². The Kier molecular flexibility index (Phi) is 4.93. The third-order valence-corrected chi connectivity index (χ3v) is 5.05. The predicted octanol–water partition coefficient (Wildman–Crippen LogP) is 1.38. The van der Waals surface area contributed by atoms with Crippen molar-refractivity contribution in [1.29, 1.82) is 0 Å². The lowest BCUT2D eigenvalue weighted by Gasteiger charge is -2.35. The monoisotopic (exact) mass is 303 g/mol. The first-order valence-electron chi connectivity index (χ1n) is 8.71. The Balaban J connectivity index is 1.67. The van der Waals surface area contributed by atoms with Crippen molar-refractivity contribution in [3.63, 3.8) is 0 Å². The fraction of sp³-hybridized carbons (Fsp3) is 0.765. The zero-order chi connectivity index (χ0) is 15.5. The van der Waals surface area contributed by atoms with Crippen LogP contribution in [0, 0.1) is 12.8 Å². The van der Waals surface area contributed by atoms with Gasteiger partial charge in [0.25, 0.3) is 0 Å². The summed E-state index contributed by atoms with van der Waals surface area (Å²) in [5.41, 5.74) is 9.49. The number of nitrogens with zero attached hydrogens (tertiary/aromatic N) is 4. The van der Waals surface area contributed by atoms with Gasteiger partial charge in [0, 0.05) is 37.6 Å². The lowest BCUT2D eigenvalue weighted by atomic mass is 9.87. The van der Waals surface area contributed by atoms with Crippen LogP contribution in [0.3, 0.4) is 0 Å². The van der Waals surface area contributed by atoms with Crippen LogP contribution in [0.1, 0.15) is 36.7 Å². The highest BCUT2D eigenvalue weighted by Crippen LogP contribution is 2.27. The van der Waals surface area contributed by atoms with Gasteiger partial charge in [-0.3, -0.25) is 4.90 Å². The van der Waals surface area contributed by atoms with Gasteiger partial charge in [0.2, 0.25) is 5.95 Å². The smallest absolute Gasteiger partial charge is 0.225 e. The number of piperazine rings is 1. The Labute approximate surface area is 133 Å². The molecule has 1 aromatic rings. The average Bonchev–Trinajstić information content (AvgIpc) is 2.54. The molecule has 22 heavy (non-hydrogen) atoms. The van der Waals surface area contributed by atoms with Crippen LogP contribution in [-0.2, 0) is 12.8 Å². The van der Waals surface area contributed by atoms with E-state index in [-0.39, 0.29) is 0 Å². The van der Waals surface area contributed by atoms with Crippen LogP contribution in [0.25, 0.3) is 0 Å². The number of anilines is 1. The fourth-order valence-electron chi connectivity index (χ4n) is 3.57. The van der Waals surface area contributed by atoms with Crippen LogP contribution in [0.2, 0.25) is 0 Å². The molecule has 2 aliphatic rings. The maximum atomic E-state index is 5.60. The molecule has 2 N–H and O–H groups in total. The van der Waals surface area contributed by atoms with E-state index < -0.39 is 0 Å². The third-order valence-electron chi connectivity index (χ3n) is 5.05. The molecular weight excluding hydrogens is 274 g/mol. The summed E-state index contributed by atoms with van der Waals surface area (Å²) in [5.74, 6) is 1.72. The molecule has 5 heteroatoms. The van der Waals surface area contributed by atoms with Crippen LogP contribution in [0.4, 0.5) is 5.95 Å². The Hall–Kier alpha value is -1.20. The number of hydrogen-bond donors (Lipinski definition) is 1. The first-order chi connectivity index (χ1) is 10.7.